The first-order valence-electron chi connectivity index (χ1n) is 48.6. The number of benzene rings is 7. The Morgan fingerprint density at radius 1 is 0.212 bits per heavy atom. The molecule has 15 aliphatic rings. The maximum absolute atomic E-state index is 2.43. The fraction of sp³-hybridized carbons (Fsp3) is 0.628. The molecule has 0 nitrogen and oxygen atoms in total. The molecule has 0 amide bonds. The second kappa shape index (κ2) is 38.5. The first-order valence-corrected chi connectivity index (χ1v) is 48.6. The number of hydrogen-bond acceptors (Lipinski definition) is 0. The van der Waals surface area contributed by atoms with E-state index in [1.54, 1.807) is 95.4 Å². The van der Waals surface area contributed by atoms with Crippen LogP contribution < -0.4 is 0 Å². The topological polar surface area (TPSA) is 0 Å². The van der Waals surface area contributed by atoms with Crippen molar-refractivity contribution < 1.29 is 0 Å². The summed E-state index contributed by atoms with van der Waals surface area (Å²) in [6, 6.07) is 48.8. The van der Waals surface area contributed by atoms with Crippen molar-refractivity contribution in [2.45, 2.75) is 411 Å². The molecule has 7 aromatic carbocycles. The molecule has 8 bridgehead atoms. The fourth-order valence-corrected chi connectivity index (χ4v) is 27.3. The molecular formula is C113H156. The van der Waals surface area contributed by atoms with E-state index in [0.29, 0.717) is 5.41 Å². The molecule has 0 heteroatoms. The van der Waals surface area contributed by atoms with Crippen molar-refractivity contribution >= 4 is 0 Å². The zero-order chi connectivity index (χ0) is 78.1. The molecular weight excluding hydrogens is 1360 g/mol. The van der Waals surface area contributed by atoms with Gasteiger partial charge >= 0.3 is 0 Å². The van der Waals surface area contributed by atoms with Crippen LogP contribution in [0.1, 0.15) is 446 Å². The molecule has 7 aromatic rings. The van der Waals surface area contributed by atoms with Crippen LogP contribution in [0, 0.1) is 118 Å². The van der Waals surface area contributed by atoms with Gasteiger partial charge in [-0.2, -0.15) is 0 Å². The molecule has 0 aliphatic heterocycles. The molecule has 3 unspecified atom stereocenters. The Morgan fingerprint density at radius 3 is 0.832 bits per heavy atom. The van der Waals surface area contributed by atoms with Gasteiger partial charge in [0.25, 0.3) is 0 Å². The van der Waals surface area contributed by atoms with Gasteiger partial charge in [-0.3, -0.25) is 0 Å². The summed E-state index contributed by atoms with van der Waals surface area (Å²) in [4.78, 5) is 0. The smallest absolute Gasteiger partial charge is 0.00414 e. The summed E-state index contributed by atoms with van der Waals surface area (Å²) in [6.45, 7) is 25.3. The van der Waals surface area contributed by atoms with E-state index in [2.05, 4.69) is 204 Å². The SMILES string of the molecule is Cc1c(C2CCC2)cccc1C1CCC1.Cc1c(C2CCCC2)cccc1C1CCCC1.Cc1c(C2CCCCC2)cccc1C1CCCCC1.Cc1cccc(C23CCC(CC2)C3)c1C.Cc1cccc(C2C3CC4CC(C3)CC2C4)c1C.Cc1cccc(C2CC3CCC2C3)c1C.Cc1cccc(C2CCCCC2)c1C. The van der Waals surface area contributed by atoms with Crippen molar-refractivity contribution in [3.63, 3.8) is 0 Å². The highest BCUT2D eigenvalue weighted by atomic mass is 14.5. The van der Waals surface area contributed by atoms with Gasteiger partial charge in [0.2, 0.25) is 0 Å². The number of rotatable bonds is 10. The van der Waals surface area contributed by atoms with Crippen LogP contribution in [0.3, 0.4) is 0 Å². The minimum absolute atomic E-state index is 0.584. The lowest BCUT2D eigenvalue weighted by atomic mass is 9.50. The third-order valence-electron chi connectivity index (χ3n) is 34.6. The van der Waals surface area contributed by atoms with Crippen LogP contribution in [0.25, 0.3) is 0 Å². The second-order valence-corrected chi connectivity index (χ2v) is 41.2. The van der Waals surface area contributed by atoms with E-state index in [-0.39, 0.29) is 0 Å². The van der Waals surface area contributed by atoms with E-state index in [9.17, 15) is 0 Å². The molecule has 0 heterocycles. The Kier molecular flexibility index (Phi) is 28.2. The van der Waals surface area contributed by atoms with Gasteiger partial charge in [-0.1, -0.05) is 230 Å². The largest absolute Gasteiger partial charge is 0.0617 e. The van der Waals surface area contributed by atoms with Gasteiger partial charge in [-0.05, 0) is 466 Å². The Labute approximate surface area is 692 Å². The molecule has 113 heavy (non-hydrogen) atoms. The Morgan fingerprint density at radius 2 is 0.504 bits per heavy atom. The average Bonchev–Trinajstić information content (AvgIpc) is 1.74. The molecule has 0 N–H and O–H groups in total. The zero-order valence-electron chi connectivity index (χ0n) is 73.8. The highest BCUT2D eigenvalue weighted by molar-refractivity contribution is 5.45. The molecule has 22 rings (SSSR count). The molecule has 0 aromatic heterocycles. The zero-order valence-corrected chi connectivity index (χ0v) is 73.8. The van der Waals surface area contributed by atoms with Crippen molar-refractivity contribution in [1.29, 1.82) is 0 Å². The number of hydrogen-bond donors (Lipinski definition) is 0. The second-order valence-electron chi connectivity index (χ2n) is 41.2. The molecule has 0 spiro atoms. The summed E-state index contributed by atoms with van der Waals surface area (Å²) in [7, 11) is 0. The fourth-order valence-electron chi connectivity index (χ4n) is 27.3. The summed E-state index contributed by atoms with van der Waals surface area (Å²) in [5.74, 6) is 15.2. The van der Waals surface area contributed by atoms with E-state index in [1.165, 1.54) is 297 Å². The van der Waals surface area contributed by atoms with Gasteiger partial charge in [0.1, 0.15) is 0 Å². The normalized spacial score (nSPS) is 27.9. The lowest BCUT2D eigenvalue weighted by Gasteiger charge is -2.55. The standard InChI is InChI=1S/C19H28.C18H24.C17H24.3C15H20.C14H20/c1-15-18(16-9-4-2-5-10-16)13-8-14-19(15)17-11-6-3-7-12-17;1-11-4-3-5-17(12(11)2)18-15-7-13-6-14(9-15)10-16(18)8-13;1-13-16(14-7-2-3-8-14)11-6-12-17(13)15-9-4-5-10-15;1-11-14(12-5-2-6-12)9-4-10-15(11)13-7-3-8-13;1-11-4-3-5-14(12(11)2)15-8-6-13(10-15)7-9-15;1-10-4-3-5-14(11(10)2)15-9-12-6-7-13(15)8-12;1-11-7-6-10-14(12(11)2)13-8-4-3-5-9-13/h8,13-14,16-17H,2-7,9-12H2,1H3;3-5,13-16,18H,6-10H2,1-2H3;6,11-12,14-15H,2-5,7-10H2,1H3;4,9-10,12-13H,2-3,5-8H2,1H3;3-5,13H,6-10H2,1-2H3;3-5,12-13,15H,6-9H2,1-2H3;6-7,10,13H,3-5,8-9H2,1-2H3. The summed E-state index contributed by atoms with van der Waals surface area (Å²) in [5, 5.41) is 0. The van der Waals surface area contributed by atoms with Crippen LogP contribution in [0.15, 0.2) is 127 Å². The Bertz CT molecular complexity index is 4060. The van der Waals surface area contributed by atoms with Crippen LogP contribution in [-0.4, -0.2) is 0 Å². The summed E-state index contributed by atoms with van der Waals surface area (Å²) >= 11 is 0. The molecule has 15 saturated carbocycles. The maximum Gasteiger partial charge on any atom is -0.00414 e. The summed E-state index contributed by atoms with van der Waals surface area (Å²) in [6.07, 6.45) is 62.5. The lowest BCUT2D eigenvalue weighted by molar-refractivity contribution is -0.00299. The van der Waals surface area contributed by atoms with Gasteiger partial charge in [0.05, 0.1) is 0 Å². The van der Waals surface area contributed by atoms with Crippen LogP contribution in [-0.2, 0) is 5.41 Å². The van der Waals surface area contributed by atoms with Crippen LogP contribution in [0.2, 0.25) is 0 Å². The lowest BCUT2D eigenvalue weighted by Crippen LogP contribution is -2.44. The van der Waals surface area contributed by atoms with Crippen LogP contribution in [0.4, 0.5) is 0 Å². The maximum atomic E-state index is 2.43. The van der Waals surface area contributed by atoms with Gasteiger partial charge < -0.3 is 0 Å². The molecule has 3 atom stereocenters. The summed E-state index contributed by atoms with van der Waals surface area (Å²) < 4.78 is 0. The van der Waals surface area contributed by atoms with Crippen LogP contribution >= 0.6 is 0 Å². The van der Waals surface area contributed by atoms with Gasteiger partial charge in [-0.15, -0.1) is 0 Å². The van der Waals surface area contributed by atoms with E-state index >= 15 is 0 Å². The Balaban J connectivity index is 0.000000104. The minimum atomic E-state index is 0.584. The van der Waals surface area contributed by atoms with Gasteiger partial charge in [0.15, 0.2) is 0 Å². The molecule has 15 fully saturated rings. The highest BCUT2D eigenvalue weighted by Gasteiger charge is 2.50. The van der Waals surface area contributed by atoms with Crippen LogP contribution in [0.5, 0.6) is 0 Å². The summed E-state index contributed by atoms with van der Waals surface area (Å²) in [5.41, 5.74) is 34.2. The van der Waals surface area contributed by atoms with Crippen molar-refractivity contribution in [3.05, 3.63) is 244 Å². The monoisotopic (exact) mass is 1510 g/mol. The predicted octanol–water partition coefficient (Wildman–Crippen LogP) is 33.5. The van der Waals surface area contributed by atoms with Crippen molar-refractivity contribution in [2.24, 2.45) is 41.4 Å². The first kappa shape index (κ1) is 82.6. The van der Waals surface area contributed by atoms with Crippen molar-refractivity contribution in [3.8, 4) is 0 Å². The Hall–Kier alpha value is -5.46. The molecule has 608 valence electrons. The molecule has 15 aliphatic carbocycles. The molecule has 0 radical (unpaired) electrons. The third-order valence-corrected chi connectivity index (χ3v) is 34.6. The minimum Gasteiger partial charge on any atom is -0.0617 e. The van der Waals surface area contributed by atoms with E-state index in [4.69, 9.17) is 0 Å². The van der Waals surface area contributed by atoms with Crippen molar-refractivity contribution in [1.82, 2.24) is 0 Å². The van der Waals surface area contributed by atoms with Gasteiger partial charge in [-0.25, -0.2) is 0 Å². The van der Waals surface area contributed by atoms with E-state index < -0.39 is 0 Å². The van der Waals surface area contributed by atoms with E-state index in [1.807, 2.05) is 0 Å². The van der Waals surface area contributed by atoms with Gasteiger partial charge in [0, 0.05) is 0 Å². The van der Waals surface area contributed by atoms with E-state index in [0.717, 1.165) is 94.7 Å². The third kappa shape index (κ3) is 19.2. The highest BCUT2D eigenvalue weighted by Crippen LogP contribution is 2.61. The number of fused-ring (bicyclic) bond motifs is 4. The quantitative estimate of drug-likeness (QED) is 0.128. The number of aryl methyl sites for hydroxylation is 4. The van der Waals surface area contributed by atoms with Crippen molar-refractivity contribution in [2.75, 3.05) is 0 Å². The first-order chi connectivity index (χ1) is 55.1. The molecule has 0 saturated heterocycles. The predicted molar refractivity (Wildman–Crippen MR) is 487 cm³/mol. The average molecular weight is 1510 g/mol.